The van der Waals surface area contributed by atoms with Gasteiger partial charge in [-0.15, -0.1) is 0 Å². The number of allylic oxidation sites excluding steroid dienone is 4. The van der Waals surface area contributed by atoms with Crippen LogP contribution in [-0.4, -0.2) is 37.2 Å². The number of carbonyl (C=O) groups excluding carboxylic acids is 3. The number of unbranched alkanes of at least 4 members (excludes halogenated alkanes) is 37. The normalized spacial score (nSPS) is 12.1. The SMILES string of the molecule is CCCCC/C=C/C/C=C/CCCCCCCCCC(=O)OC[C@@H](COC(=O)CCCCCCCCCCCCCCCC)OC(=O)CCCCCCCCCCCCCCCCC. The van der Waals surface area contributed by atoms with E-state index in [4.69, 9.17) is 14.2 Å². The van der Waals surface area contributed by atoms with Gasteiger partial charge in [-0.2, -0.15) is 0 Å². The topological polar surface area (TPSA) is 78.9 Å². The van der Waals surface area contributed by atoms with Crippen LogP contribution in [0.5, 0.6) is 0 Å². The predicted octanol–water partition coefficient (Wildman–Crippen LogP) is 18.7. The second kappa shape index (κ2) is 53.5. The summed E-state index contributed by atoms with van der Waals surface area (Å²) in [6.07, 6.45) is 61.6. The molecule has 0 aliphatic carbocycles. The molecule has 0 fully saturated rings. The second-order valence-electron chi connectivity index (χ2n) is 19.2. The van der Waals surface area contributed by atoms with Gasteiger partial charge in [0.2, 0.25) is 0 Å². The first-order valence-corrected chi connectivity index (χ1v) is 28.3. The predicted molar refractivity (Wildman–Crippen MR) is 275 cm³/mol. The van der Waals surface area contributed by atoms with Crippen LogP contribution in [-0.2, 0) is 28.6 Å². The summed E-state index contributed by atoms with van der Waals surface area (Å²) in [6.45, 7) is 6.65. The summed E-state index contributed by atoms with van der Waals surface area (Å²) in [5.41, 5.74) is 0. The van der Waals surface area contributed by atoms with Gasteiger partial charge in [0.25, 0.3) is 0 Å². The number of ether oxygens (including phenoxy) is 3. The fourth-order valence-corrected chi connectivity index (χ4v) is 8.42. The van der Waals surface area contributed by atoms with Crippen LogP contribution < -0.4 is 0 Å². The van der Waals surface area contributed by atoms with E-state index in [1.807, 2.05) is 0 Å². The van der Waals surface area contributed by atoms with Crippen LogP contribution in [0.2, 0.25) is 0 Å². The van der Waals surface area contributed by atoms with Crippen LogP contribution in [0.15, 0.2) is 24.3 Å². The highest BCUT2D eigenvalue weighted by Gasteiger charge is 2.19. The molecular formula is C58H108O6. The molecule has 0 aromatic rings. The van der Waals surface area contributed by atoms with Crippen LogP contribution in [0.3, 0.4) is 0 Å². The molecule has 0 radical (unpaired) electrons. The van der Waals surface area contributed by atoms with E-state index < -0.39 is 6.10 Å². The molecule has 0 amide bonds. The fourth-order valence-electron chi connectivity index (χ4n) is 8.42. The van der Waals surface area contributed by atoms with E-state index in [1.54, 1.807) is 0 Å². The highest BCUT2D eigenvalue weighted by Crippen LogP contribution is 2.17. The summed E-state index contributed by atoms with van der Waals surface area (Å²) in [7, 11) is 0. The zero-order valence-corrected chi connectivity index (χ0v) is 43.1. The molecule has 0 saturated heterocycles. The van der Waals surface area contributed by atoms with Gasteiger partial charge in [-0.05, 0) is 51.4 Å². The maximum absolute atomic E-state index is 12.8. The molecule has 0 aliphatic rings. The Morgan fingerprint density at radius 1 is 0.312 bits per heavy atom. The molecule has 0 aliphatic heterocycles. The first-order valence-electron chi connectivity index (χ1n) is 28.3. The van der Waals surface area contributed by atoms with E-state index in [0.29, 0.717) is 19.3 Å². The third-order valence-corrected chi connectivity index (χ3v) is 12.7. The molecule has 0 heterocycles. The zero-order valence-electron chi connectivity index (χ0n) is 43.1. The Labute approximate surface area is 398 Å². The number of hydrogen-bond donors (Lipinski definition) is 0. The lowest BCUT2D eigenvalue weighted by atomic mass is 10.0. The van der Waals surface area contributed by atoms with Crippen molar-refractivity contribution < 1.29 is 28.6 Å². The minimum Gasteiger partial charge on any atom is -0.462 e. The monoisotopic (exact) mass is 901 g/mol. The molecule has 376 valence electrons. The van der Waals surface area contributed by atoms with Crippen molar-refractivity contribution >= 4 is 17.9 Å². The highest BCUT2D eigenvalue weighted by atomic mass is 16.6. The molecule has 1 atom stereocenters. The molecule has 6 heteroatoms. The van der Waals surface area contributed by atoms with Gasteiger partial charge < -0.3 is 14.2 Å². The molecule has 0 unspecified atom stereocenters. The summed E-state index contributed by atoms with van der Waals surface area (Å²) in [6, 6.07) is 0. The lowest BCUT2D eigenvalue weighted by molar-refractivity contribution is -0.167. The third kappa shape index (κ3) is 50.9. The van der Waals surface area contributed by atoms with E-state index >= 15 is 0 Å². The zero-order chi connectivity index (χ0) is 46.5. The van der Waals surface area contributed by atoms with E-state index in [9.17, 15) is 14.4 Å². The largest absolute Gasteiger partial charge is 0.462 e. The van der Waals surface area contributed by atoms with Gasteiger partial charge in [-0.25, -0.2) is 0 Å². The summed E-state index contributed by atoms with van der Waals surface area (Å²) in [5.74, 6) is -0.856. The van der Waals surface area contributed by atoms with Gasteiger partial charge in [0, 0.05) is 19.3 Å². The van der Waals surface area contributed by atoms with Crippen molar-refractivity contribution in [3.63, 3.8) is 0 Å². The number of rotatable bonds is 52. The van der Waals surface area contributed by atoms with E-state index in [-0.39, 0.29) is 31.1 Å². The van der Waals surface area contributed by atoms with Crippen molar-refractivity contribution in [2.75, 3.05) is 13.2 Å². The molecule has 0 rings (SSSR count). The second-order valence-corrected chi connectivity index (χ2v) is 19.2. The standard InChI is InChI=1S/C58H108O6/c1-4-7-10-13-16-19-22-25-28-29-31-33-36-39-42-45-48-51-57(60)63-54-55(53-62-56(59)50-47-44-41-38-35-32-27-24-21-18-15-12-9-6-3)64-58(61)52-49-46-43-40-37-34-30-26-23-20-17-14-11-8-5-2/h16,19,25,28,55H,4-15,17-18,20-24,26-27,29-54H2,1-3H3/b19-16+,28-25+/t55-/m1/s1. The Morgan fingerprint density at radius 2 is 0.562 bits per heavy atom. The summed E-state index contributed by atoms with van der Waals surface area (Å²) >= 11 is 0. The minimum absolute atomic E-state index is 0.0682. The Balaban J connectivity index is 4.33. The molecule has 0 aromatic carbocycles. The molecule has 0 N–H and O–H groups in total. The van der Waals surface area contributed by atoms with E-state index in [1.165, 1.54) is 199 Å². The Bertz CT molecular complexity index is 1040. The van der Waals surface area contributed by atoms with Crippen molar-refractivity contribution in [1.29, 1.82) is 0 Å². The van der Waals surface area contributed by atoms with E-state index in [2.05, 4.69) is 45.1 Å². The van der Waals surface area contributed by atoms with Crippen LogP contribution in [0.25, 0.3) is 0 Å². The average molecular weight is 901 g/mol. The first kappa shape index (κ1) is 61.9. The van der Waals surface area contributed by atoms with Crippen LogP contribution in [0.1, 0.15) is 310 Å². The van der Waals surface area contributed by atoms with Gasteiger partial charge in [0.1, 0.15) is 13.2 Å². The number of esters is 3. The van der Waals surface area contributed by atoms with Crippen molar-refractivity contribution in [2.45, 2.75) is 316 Å². The van der Waals surface area contributed by atoms with Gasteiger partial charge in [-0.1, -0.05) is 263 Å². The molecule has 64 heavy (non-hydrogen) atoms. The fraction of sp³-hybridized carbons (Fsp3) is 0.879. The maximum Gasteiger partial charge on any atom is 0.306 e. The van der Waals surface area contributed by atoms with Gasteiger partial charge in [0.15, 0.2) is 6.10 Å². The molecular weight excluding hydrogens is 793 g/mol. The van der Waals surface area contributed by atoms with E-state index in [0.717, 1.165) is 70.6 Å². The van der Waals surface area contributed by atoms with Gasteiger partial charge >= 0.3 is 17.9 Å². The van der Waals surface area contributed by atoms with Crippen LogP contribution in [0, 0.1) is 0 Å². The summed E-state index contributed by atoms with van der Waals surface area (Å²) in [4.78, 5) is 38.1. The molecule has 0 aromatic heterocycles. The lowest BCUT2D eigenvalue weighted by Crippen LogP contribution is -2.30. The number of carbonyl (C=O) groups is 3. The third-order valence-electron chi connectivity index (χ3n) is 12.7. The number of hydrogen-bond acceptors (Lipinski definition) is 6. The van der Waals surface area contributed by atoms with Gasteiger partial charge in [-0.3, -0.25) is 14.4 Å². The Hall–Kier alpha value is -2.11. The van der Waals surface area contributed by atoms with Gasteiger partial charge in [0.05, 0.1) is 0 Å². The van der Waals surface area contributed by atoms with Crippen LogP contribution >= 0.6 is 0 Å². The van der Waals surface area contributed by atoms with Crippen LogP contribution in [0.4, 0.5) is 0 Å². The first-order chi connectivity index (χ1) is 31.5. The average Bonchev–Trinajstić information content (AvgIpc) is 3.29. The minimum atomic E-state index is -0.769. The summed E-state index contributed by atoms with van der Waals surface area (Å²) < 4.78 is 16.9. The van der Waals surface area contributed by atoms with Crippen molar-refractivity contribution in [3.05, 3.63) is 24.3 Å². The molecule has 0 bridgehead atoms. The summed E-state index contributed by atoms with van der Waals surface area (Å²) in [5, 5.41) is 0. The smallest absolute Gasteiger partial charge is 0.306 e. The molecule has 0 saturated carbocycles. The Kier molecular flexibility index (Phi) is 51.7. The lowest BCUT2D eigenvalue weighted by Gasteiger charge is -2.18. The van der Waals surface area contributed by atoms with Crippen molar-refractivity contribution in [3.8, 4) is 0 Å². The van der Waals surface area contributed by atoms with Crippen molar-refractivity contribution in [1.82, 2.24) is 0 Å². The maximum atomic E-state index is 12.8. The van der Waals surface area contributed by atoms with Crippen molar-refractivity contribution in [2.24, 2.45) is 0 Å². The quantitative estimate of drug-likeness (QED) is 0.0262. The Morgan fingerprint density at radius 3 is 0.891 bits per heavy atom. The molecule has 6 nitrogen and oxygen atoms in total. The molecule has 0 spiro atoms. The highest BCUT2D eigenvalue weighted by molar-refractivity contribution is 5.71.